The number of anilines is 1. The SMILES string of the molecule is CC(C)(C)c1ncc(CNc2ccc(OCC#N)cc2)s1. The summed E-state index contributed by atoms with van der Waals surface area (Å²) in [5, 5.41) is 13.0. The molecule has 1 aromatic carbocycles. The first kappa shape index (κ1) is 15.3. The number of hydrogen-bond donors (Lipinski definition) is 1. The van der Waals surface area contributed by atoms with Crippen molar-refractivity contribution in [3.63, 3.8) is 0 Å². The molecule has 5 heteroatoms. The van der Waals surface area contributed by atoms with Gasteiger partial charge in [0.05, 0.1) is 11.6 Å². The Balaban J connectivity index is 1.91. The number of aromatic nitrogens is 1. The molecule has 0 aliphatic rings. The number of ether oxygens (including phenoxy) is 1. The molecule has 1 aromatic heterocycles. The third-order valence-electron chi connectivity index (χ3n) is 2.82. The number of rotatable bonds is 5. The molecule has 0 bridgehead atoms. The van der Waals surface area contributed by atoms with Gasteiger partial charge in [0.25, 0.3) is 0 Å². The van der Waals surface area contributed by atoms with Crippen molar-refractivity contribution < 1.29 is 4.74 Å². The first-order chi connectivity index (χ1) is 9.99. The van der Waals surface area contributed by atoms with Crippen molar-refractivity contribution in [2.75, 3.05) is 11.9 Å². The largest absolute Gasteiger partial charge is 0.479 e. The monoisotopic (exact) mass is 301 g/mol. The maximum atomic E-state index is 8.46. The molecule has 0 radical (unpaired) electrons. The molecule has 21 heavy (non-hydrogen) atoms. The Kier molecular flexibility index (Phi) is 4.81. The lowest BCUT2D eigenvalue weighted by atomic mass is 9.98. The fourth-order valence-electron chi connectivity index (χ4n) is 1.71. The zero-order valence-corrected chi connectivity index (χ0v) is 13.3. The normalized spacial score (nSPS) is 11.0. The van der Waals surface area contributed by atoms with Gasteiger partial charge in [0.15, 0.2) is 6.61 Å². The fraction of sp³-hybridized carbons (Fsp3) is 0.375. The van der Waals surface area contributed by atoms with E-state index in [1.54, 1.807) is 11.3 Å². The van der Waals surface area contributed by atoms with Crippen molar-refractivity contribution in [3.05, 3.63) is 40.3 Å². The second kappa shape index (κ2) is 6.59. The van der Waals surface area contributed by atoms with Crippen LogP contribution >= 0.6 is 11.3 Å². The van der Waals surface area contributed by atoms with Crippen molar-refractivity contribution in [2.24, 2.45) is 0 Å². The summed E-state index contributed by atoms with van der Waals surface area (Å²) in [4.78, 5) is 5.69. The Morgan fingerprint density at radius 2 is 2.00 bits per heavy atom. The van der Waals surface area contributed by atoms with Crippen LogP contribution in [-0.4, -0.2) is 11.6 Å². The van der Waals surface area contributed by atoms with E-state index < -0.39 is 0 Å². The quantitative estimate of drug-likeness (QED) is 0.908. The van der Waals surface area contributed by atoms with E-state index in [-0.39, 0.29) is 12.0 Å². The van der Waals surface area contributed by atoms with Crippen LogP contribution in [-0.2, 0) is 12.0 Å². The van der Waals surface area contributed by atoms with E-state index in [0.29, 0.717) is 5.75 Å². The lowest BCUT2D eigenvalue weighted by Crippen LogP contribution is -2.09. The molecule has 0 spiro atoms. The molecular weight excluding hydrogens is 282 g/mol. The van der Waals surface area contributed by atoms with Gasteiger partial charge in [-0.25, -0.2) is 4.98 Å². The molecule has 1 N–H and O–H groups in total. The van der Waals surface area contributed by atoms with Crippen molar-refractivity contribution in [1.82, 2.24) is 4.98 Å². The van der Waals surface area contributed by atoms with E-state index in [1.807, 2.05) is 36.5 Å². The van der Waals surface area contributed by atoms with Gasteiger partial charge in [0.1, 0.15) is 11.8 Å². The van der Waals surface area contributed by atoms with Crippen LogP contribution in [0.15, 0.2) is 30.5 Å². The third-order valence-corrected chi connectivity index (χ3v) is 4.24. The van der Waals surface area contributed by atoms with Crippen LogP contribution in [0, 0.1) is 11.3 Å². The summed E-state index contributed by atoms with van der Waals surface area (Å²) >= 11 is 1.74. The Morgan fingerprint density at radius 1 is 1.29 bits per heavy atom. The van der Waals surface area contributed by atoms with E-state index in [1.165, 1.54) is 4.88 Å². The fourth-order valence-corrected chi connectivity index (χ4v) is 2.62. The van der Waals surface area contributed by atoms with Crippen LogP contribution in [0.5, 0.6) is 5.75 Å². The molecule has 0 atom stereocenters. The molecule has 0 amide bonds. The van der Waals surface area contributed by atoms with Gasteiger partial charge in [0.2, 0.25) is 0 Å². The van der Waals surface area contributed by atoms with Gasteiger partial charge in [-0.3, -0.25) is 0 Å². The molecule has 110 valence electrons. The molecule has 0 saturated heterocycles. The maximum Gasteiger partial charge on any atom is 0.174 e. The Hall–Kier alpha value is -2.06. The van der Waals surface area contributed by atoms with Crippen LogP contribution in [0.3, 0.4) is 0 Å². The third kappa shape index (κ3) is 4.47. The number of thiazole rings is 1. The molecule has 0 saturated carbocycles. The van der Waals surface area contributed by atoms with Crippen molar-refractivity contribution in [2.45, 2.75) is 32.7 Å². The van der Waals surface area contributed by atoms with E-state index >= 15 is 0 Å². The molecule has 0 fully saturated rings. The number of hydrogen-bond acceptors (Lipinski definition) is 5. The molecular formula is C16H19N3OS. The number of nitrogens with one attached hydrogen (secondary N) is 1. The predicted molar refractivity (Wildman–Crippen MR) is 85.7 cm³/mol. The van der Waals surface area contributed by atoms with Crippen LogP contribution in [0.25, 0.3) is 0 Å². The standard InChI is InChI=1S/C16H19N3OS/c1-16(2,3)15-19-11-14(21-15)10-18-12-4-6-13(7-5-12)20-9-8-17/h4-7,11,18H,9-10H2,1-3H3. The highest BCUT2D eigenvalue weighted by Gasteiger charge is 2.17. The van der Waals surface area contributed by atoms with Gasteiger partial charge < -0.3 is 10.1 Å². The first-order valence-electron chi connectivity index (χ1n) is 6.78. The van der Waals surface area contributed by atoms with Gasteiger partial charge in [-0.2, -0.15) is 5.26 Å². The van der Waals surface area contributed by atoms with Crippen molar-refractivity contribution >= 4 is 17.0 Å². The summed E-state index contributed by atoms with van der Waals surface area (Å²) in [6.45, 7) is 7.34. The van der Waals surface area contributed by atoms with Crippen LogP contribution in [0.4, 0.5) is 5.69 Å². The summed E-state index contributed by atoms with van der Waals surface area (Å²) in [6, 6.07) is 9.54. The number of benzene rings is 1. The van der Waals surface area contributed by atoms with Gasteiger partial charge >= 0.3 is 0 Å². The second-order valence-corrected chi connectivity index (χ2v) is 6.82. The maximum absolute atomic E-state index is 8.46. The van der Waals surface area contributed by atoms with Gasteiger partial charge in [0, 0.05) is 22.2 Å². The second-order valence-electron chi connectivity index (χ2n) is 5.71. The van der Waals surface area contributed by atoms with E-state index in [9.17, 15) is 0 Å². The van der Waals surface area contributed by atoms with Gasteiger partial charge in [-0.05, 0) is 24.3 Å². The lowest BCUT2D eigenvalue weighted by Gasteiger charge is -2.13. The lowest BCUT2D eigenvalue weighted by molar-refractivity contribution is 0.368. The van der Waals surface area contributed by atoms with Crippen LogP contribution in [0.1, 0.15) is 30.7 Å². The summed E-state index contributed by atoms with van der Waals surface area (Å²) in [5.74, 6) is 0.704. The van der Waals surface area contributed by atoms with Crippen LogP contribution < -0.4 is 10.1 Å². The van der Waals surface area contributed by atoms with Crippen molar-refractivity contribution in [3.8, 4) is 11.8 Å². The molecule has 0 aliphatic carbocycles. The summed E-state index contributed by atoms with van der Waals surface area (Å²) < 4.78 is 5.22. The average molecular weight is 301 g/mol. The molecule has 4 nitrogen and oxygen atoms in total. The zero-order valence-electron chi connectivity index (χ0n) is 12.5. The highest BCUT2D eigenvalue weighted by atomic mass is 32.1. The first-order valence-corrected chi connectivity index (χ1v) is 7.59. The molecule has 0 unspecified atom stereocenters. The smallest absolute Gasteiger partial charge is 0.174 e. The highest BCUT2D eigenvalue weighted by molar-refractivity contribution is 7.11. The molecule has 2 aromatic rings. The minimum absolute atomic E-state index is 0.0726. The minimum atomic E-state index is 0.0726. The highest BCUT2D eigenvalue weighted by Crippen LogP contribution is 2.27. The zero-order chi connectivity index (χ0) is 15.3. The number of nitriles is 1. The van der Waals surface area contributed by atoms with Crippen LogP contribution in [0.2, 0.25) is 0 Å². The average Bonchev–Trinajstić information content (AvgIpc) is 2.93. The van der Waals surface area contributed by atoms with Gasteiger partial charge in [-0.1, -0.05) is 20.8 Å². The Morgan fingerprint density at radius 3 is 2.57 bits per heavy atom. The predicted octanol–water partition coefficient (Wildman–Crippen LogP) is 3.96. The van der Waals surface area contributed by atoms with E-state index in [4.69, 9.17) is 10.00 Å². The summed E-state index contributed by atoms with van der Waals surface area (Å²) in [5.41, 5.74) is 1.12. The minimum Gasteiger partial charge on any atom is -0.479 e. The summed E-state index contributed by atoms with van der Waals surface area (Å²) in [7, 11) is 0. The van der Waals surface area contributed by atoms with E-state index in [0.717, 1.165) is 17.2 Å². The topological polar surface area (TPSA) is 57.9 Å². The number of nitrogens with zero attached hydrogens (tertiary/aromatic N) is 2. The Labute approximate surface area is 129 Å². The molecule has 0 aliphatic heterocycles. The Bertz CT molecular complexity index is 620. The summed E-state index contributed by atoms with van der Waals surface area (Å²) in [6.07, 6.45) is 1.93. The van der Waals surface area contributed by atoms with E-state index in [2.05, 4.69) is 31.1 Å². The molecule has 2 rings (SSSR count). The van der Waals surface area contributed by atoms with Gasteiger partial charge in [-0.15, -0.1) is 11.3 Å². The van der Waals surface area contributed by atoms with Crippen molar-refractivity contribution in [1.29, 1.82) is 5.26 Å². The molecule has 1 heterocycles.